The minimum atomic E-state index is 0.0359. The van der Waals surface area contributed by atoms with Crippen molar-refractivity contribution in [2.45, 2.75) is 11.8 Å². The van der Waals surface area contributed by atoms with Crippen LogP contribution in [0.3, 0.4) is 0 Å². The summed E-state index contributed by atoms with van der Waals surface area (Å²) in [5.74, 6) is 1.63. The summed E-state index contributed by atoms with van der Waals surface area (Å²) in [6, 6.07) is 7.85. The van der Waals surface area contributed by atoms with Gasteiger partial charge < -0.3 is 9.47 Å². The van der Waals surface area contributed by atoms with Gasteiger partial charge in [-0.15, -0.1) is 11.3 Å². The van der Waals surface area contributed by atoms with Gasteiger partial charge >= 0.3 is 0 Å². The first-order valence-corrected chi connectivity index (χ1v) is 7.79. The Kier molecular flexibility index (Phi) is 4.76. The average Bonchev–Trinajstić information content (AvgIpc) is 2.77. The third-order valence-electron chi connectivity index (χ3n) is 2.84. The molecule has 0 saturated heterocycles. The highest BCUT2D eigenvalue weighted by Gasteiger charge is 2.19. The molecule has 0 aliphatic carbocycles. The molecule has 2 nitrogen and oxygen atoms in total. The Morgan fingerprint density at radius 2 is 1.95 bits per heavy atom. The van der Waals surface area contributed by atoms with Crippen molar-refractivity contribution in [1.29, 1.82) is 0 Å². The van der Waals surface area contributed by atoms with Crippen LogP contribution in [0.5, 0.6) is 11.5 Å². The molecule has 1 atom stereocenters. The summed E-state index contributed by atoms with van der Waals surface area (Å²) in [5.41, 5.74) is 2.12. The molecule has 1 heterocycles. The van der Waals surface area contributed by atoms with E-state index < -0.39 is 0 Å². The number of hydrogen-bond acceptors (Lipinski definition) is 3. The number of hydrogen-bond donors (Lipinski definition) is 0. The molecule has 102 valence electrons. The van der Waals surface area contributed by atoms with E-state index in [1.165, 1.54) is 0 Å². The second-order valence-electron chi connectivity index (χ2n) is 4.08. The van der Waals surface area contributed by atoms with E-state index in [2.05, 4.69) is 22.0 Å². The van der Waals surface area contributed by atoms with Gasteiger partial charge in [-0.3, -0.25) is 0 Å². The largest absolute Gasteiger partial charge is 0.497 e. The van der Waals surface area contributed by atoms with Crippen molar-refractivity contribution >= 4 is 38.9 Å². The molecular weight excluding hydrogens is 348 g/mol. The van der Waals surface area contributed by atoms with Crippen molar-refractivity contribution in [3.63, 3.8) is 0 Å². The second kappa shape index (κ2) is 6.16. The van der Waals surface area contributed by atoms with Gasteiger partial charge in [-0.05, 0) is 36.8 Å². The molecule has 5 heteroatoms. The maximum Gasteiger partial charge on any atom is 0.123 e. The van der Waals surface area contributed by atoms with Crippen LogP contribution in [0, 0.1) is 6.92 Å². The number of rotatable bonds is 4. The zero-order valence-electron chi connectivity index (χ0n) is 10.9. The molecule has 0 aliphatic heterocycles. The van der Waals surface area contributed by atoms with Gasteiger partial charge in [0.05, 0.1) is 23.4 Å². The van der Waals surface area contributed by atoms with Crippen LogP contribution < -0.4 is 9.47 Å². The molecule has 19 heavy (non-hydrogen) atoms. The first-order chi connectivity index (χ1) is 9.06. The Bertz CT molecular complexity index is 563. The first kappa shape index (κ1) is 14.7. The maximum atomic E-state index is 6.13. The van der Waals surface area contributed by atoms with Gasteiger partial charge in [0.15, 0.2) is 0 Å². The zero-order valence-corrected chi connectivity index (χ0v) is 14.0. The standard InChI is InChI=1S/C14H14BrClO2S/c1-8-6-12(19-14(8)16)13(15)10-7-9(17-2)4-5-11(10)18-3/h4-7,13H,1-3H3. The highest BCUT2D eigenvalue weighted by Crippen LogP contribution is 2.43. The fourth-order valence-electron chi connectivity index (χ4n) is 1.80. The Morgan fingerprint density at radius 1 is 1.21 bits per heavy atom. The van der Waals surface area contributed by atoms with Crippen molar-refractivity contribution < 1.29 is 9.47 Å². The smallest absolute Gasteiger partial charge is 0.123 e. The quantitative estimate of drug-likeness (QED) is 0.696. The van der Waals surface area contributed by atoms with Crippen LogP contribution in [0.2, 0.25) is 4.34 Å². The fraction of sp³-hybridized carbons (Fsp3) is 0.286. The van der Waals surface area contributed by atoms with Crippen LogP contribution in [0.1, 0.15) is 20.8 Å². The molecule has 0 saturated carbocycles. The normalized spacial score (nSPS) is 12.3. The molecule has 0 fully saturated rings. The lowest BCUT2D eigenvalue weighted by molar-refractivity contribution is 0.399. The number of benzene rings is 1. The summed E-state index contributed by atoms with van der Waals surface area (Å²) in [6.07, 6.45) is 0. The summed E-state index contributed by atoms with van der Waals surface area (Å²) < 4.78 is 11.5. The van der Waals surface area contributed by atoms with Gasteiger partial charge in [0, 0.05) is 10.4 Å². The summed E-state index contributed by atoms with van der Waals surface area (Å²) >= 11 is 11.4. The lowest BCUT2D eigenvalue weighted by Gasteiger charge is -2.14. The summed E-state index contributed by atoms with van der Waals surface area (Å²) in [6.45, 7) is 2.00. The fourth-order valence-corrected chi connectivity index (χ4v) is 3.78. The number of thiophene rings is 1. The minimum Gasteiger partial charge on any atom is -0.497 e. The molecule has 0 spiro atoms. The number of methoxy groups -OCH3 is 2. The van der Waals surface area contributed by atoms with E-state index in [4.69, 9.17) is 21.1 Å². The molecule has 1 aromatic heterocycles. The van der Waals surface area contributed by atoms with Crippen LogP contribution >= 0.6 is 38.9 Å². The van der Waals surface area contributed by atoms with E-state index in [-0.39, 0.29) is 4.83 Å². The molecule has 1 unspecified atom stereocenters. The van der Waals surface area contributed by atoms with Crippen molar-refractivity contribution in [3.8, 4) is 11.5 Å². The van der Waals surface area contributed by atoms with Crippen LogP contribution in [-0.2, 0) is 0 Å². The van der Waals surface area contributed by atoms with Crippen molar-refractivity contribution in [3.05, 3.63) is 44.6 Å². The molecule has 0 N–H and O–H groups in total. The van der Waals surface area contributed by atoms with Gasteiger partial charge in [-0.25, -0.2) is 0 Å². The van der Waals surface area contributed by atoms with E-state index in [1.807, 2.05) is 25.1 Å². The van der Waals surface area contributed by atoms with E-state index in [1.54, 1.807) is 25.6 Å². The van der Waals surface area contributed by atoms with E-state index in [9.17, 15) is 0 Å². The Morgan fingerprint density at radius 3 is 2.47 bits per heavy atom. The maximum absolute atomic E-state index is 6.13. The molecule has 2 rings (SSSR count). The summed E-state index contributed by atoms with van der Waals surface area (Å²) in [7, 11) is 3.32. The highest BCUT2D eigenvalue weighted by atomic mass is 79.9. The molecule has 0 amide bonds. The average molecular weight is 362 g/mol. The van der Waals surface area contributed by atoms with Crippen LogP contribution in [-0.4, -0.2) is 14.2 Å². The van der Waals surface area contributed by atoms with Crippen LogP contribution in [0.25, 0.3) is 0 Å². The molecule has 0 radical (unpaired) electrons. The molecular formula is C14H14BrClO2S. The highest BCUT2D eigenvalue weighted by molar-refractivity contribution is 9.09. The van der Waals surface area contributed by atoms with Crippen LogP contribution in [0.15, 0.2) is 24.3 Å². The number of halogens is 2. The van der Waals surface area contributed by atoms with Crippen molar-refractivity contribution in [2.24, 2.45) is 0 Å². The molecule has 0 aliphatic rings. The Balaban J connectivity index is 2.44. The van der Waals surface area contributed by atoms with Gasteiger partial charge in [0.2, 0.25) is 0 Å². The number of alkyl halides is 1. The van der Waals surface area contributed by atoms with Crippen molar-refractivity contribution in [2.75, 3.05) is 14.2 Å². The predicted molar refractivity (Wildman–Crippen MR) is 84.4 cm³/mol. The predicted octanol–water partition coefficient (Wildman–Crippen LogP) is 5.21. The van der Waals surface area contributed by atoms with E-state index in [0.29, 0.717) is 0 Å². The van der Waals surface area contributed by atoms with Gasteiger partial charge in [-0.1, -0.05) is 27.5 Å². The van der Waals surface area contributed by atoms with Gasteiger partial charge in [-0.2, -0.15) is 0 Å². The zero-order chi connectivity index (χ0) is 14.0. The Labute approximate surface area is 130 Å². The molecule has 1 aromatic carbocycles. The van der Waals surface area contributed by atoms with Crippen molar-refractivity contribution in [1.82, 2.24) is 0 Å². The van der Waals surface area contributed by atoms with E-state index >= 15 is 0 Å². The Hall–Kier alpha value is -0.710. The first-order valence-electron chi connectivity index (χ1n) is 5.68. The van der Waals surface area contributed by atoms with E-state index in [0.717, 1.165) is 31.8 Å². The SMILES string of the molecule is COc1ccc(OC)c(C(Br)c2cc(C)c(Cl)s2)c1. The second-order valence-corrected chi connectivity index (χ2v) is 6.68. The van der Waals surface area contributed by atoms with Gasteiger partial charge in [0.25, 0.3) is 0 Å². The lowest BCUT2D eigenvalue weighted by atomic mass is 10.1. The monoisotopic (exact) mass is 360 g/mol. The topological polar surface area (TPSA) is 18.5 Å². The molecule has 0 bridgehead atoms. The third-order valence-corrected chi connectivity index (χ3v) is 5.75. The summed E-state index contributed by atoms with van der Waals surface area (Å²) in [5, 5.41) is 0. The lowest BCUT2D eigenvalue weighted by Crippen LogP contribution is -1.96. The minimum absolute atomic E-state index is 0.0359. The number of aryl methyl sites for hydroxylation is 1. The summed E-state index contributed by atoms with van der Waals surface area (Å²) in [4.78, 5) is 1.18. The number of ether oxygens (including phenoxy) is 2. The third kappa shape index (κ3) is 3.07. The van der Waals surface area contributed by atoms with Gasteiger partial charge in [0.1, 0.15) is 11.5 Å². The molecule has 2 aromatic rings. The van der Waals surface area contributed by atoms with Crippen LogP contribution in [0.4, 0.5) is 0 Å².